The van der Waals surface area contributed by atoms with E-state index >= 15 is 0 Å². The summed E-state index contributed by atoms with van der Waals surface area (Å²) in [5.41, 5.74) is -0.891. The van der Waals surface area contributed by atoms with Gasteiger partial charge < -0.3 is 19.6 Å². The number of aliphatic hydroxyl groups is 1. The second-order valence-corrected chi connectivity index (χ2v) is 7.34. The molecule has 0 aliphatic heterocycles. The van der Waals surface area contributed by atoms with Crippen LogP contribution in [0.1, 0.15) is 16.1 Å². The fourth-order valence-electron chi connectivity index (χ4n) is 2.00. The molecule has 0 radical (unpaired) electrons. The maximum absolute atomic E-state index is 12.6. The van der Waals surface area contributed by atoms with Gasteiger partial charge in [0.15, 0.2) is 5.76 Å². The van der Waals surface area contributed by atoms with Gasteiger partial charge in [0.2, 0.25) is 5.09 Å². The lowest BCUT2D eigenvalue weighted by atomic mass is 10.2. The Labute approximate surface area is 158 Å². The van der Waals surface area contributed by atoms with Gasteiger partial charge in [0, 0.05) is 6.54 Å². The van der Waals surface area contributed by atoms with Crippen LogP contribution in [0, 0.1) is 0 Å². The van der Waals surface area contributed by atoms with E-state index in [1.807, 2.05) is 4.72 Å². The normalized spacial score (nSPS) is 13.2. The number of furan rings is 1. The Morgan fingerprint density at radius 1 is 1.29 bits per heavy atom. The largest absolute Gasteiger partial charge is 0.491 e. The maximum atomic E-state index is 12.6. The number of carbonyl (C=O) groups excluding carboxylic acids is 1. The summed E-state index contributed by atoms with van der Waals surface area (Å²) in [6, 6.07) is 6.37. The van der Waals surface area contributed by atoms with E-state index in [2.05, 4.69) is 5.32 Å². The third-order valence-electron chi connectivity index (χ3n) is 3.44. The average molecular weight is 422 g/mol. The van der Waals surface area contributed by atoms with Gasteiger partial charge in [-0.25, -0.2) is 13.1 Å². The standard InChI is InChI=1S/C16H17F3N2O6S/c1-20-28(24,25)14-6-5-13(27-14)15(23)21-8-11(22)9-26-12-4-2-3-10(7-12)16(17,18)19/h2-7,11,20,22H,8-9H2,1H3,(H,21,23). The van der Waals surface area contributed by atoms with Gasteiger partial charge in [-0.3, -0.25) is 4.79 Å². The van der Waals surface area contributed by atoms with Crippen LogP contribution in [0.4, 0.5) is 13.2 Å². The van der Waals surface area contributed by atoms with Crippen molar-refractivity contribution in [3.63, 3.8) is 0 Å². The molecule has 3 N–H and O–H groups in total. The number of hydrogen-bond acceptors (Lipinski definition) is 6. The molecule has 0 spiro atoms. The molecule has 1 atom stereocenters. The number of alkyl halides is 3. The van der Waals surface area contributed by atoms with E-state index in [4.69, 9.17) is 9.15 Å². The van der Waals surface area contributed by atoms with E-state index in [9.17, 15) is 31.5 Å². The highest BCUT2D eigenvalue weighted by Gasteiger charge is 2.30. The van der Waals surface area contributed by atoms with E-state index in [0.717, 1.165) is 24.3 Å². The summed E-state index contributed by atoms with van der Waals surface area (Å²) < 4.78 is 73.0. The van der Waals surface area contributed by atoms with E-state index in [-0.39, 0.29) is 24.7 Å². The number of hydrogen-bond donors (Lipinski definition) is 3. The number of amides is 1. The molecule has 8 nitrogen and oxygen atoms in total. The number of ether oxygens (including phenoxy) is 1. The highest BCUT2D eigenvalue weighted by atomic mass is 32.2. The van der Waals surface area contributed by atoms with Crippen molar-refractivity contribution >= 4 is 15.9 Å². The molecule has 1 aromatic heterocycles. The van der Waals surface area contributed by atoms with Crippen molar-refractivity contribution in [1.82, 2.24) is 10.0 Å². The number of halogens is 3. The van der Waals surface area contributed by atoms with Crippen molar-refractivity contribution in [2.75, 3.05) is 20.2 Å². The first kappa shape index (κ1) is 21.7. The van der Waals surface area contributed by atoms with Gasteiger partial charge in [-0.1, -0.05) is 6.07 Å². The van der Waals surface area contributed by atoms with Gasteiger partial charge in [0.05, 0.1) is 5.56 Å². The van der Waals surface area contributed by atoms with Gasteiger partial charge in [0.1, 0.15) is 18.5 Å². The average Bonchev–Trinajstić information content (AvgIpc) is 3.15. The summed E-state index contributed by atoms with van der Waals surface area (Å²) in [4.78, 5) is 11.9. The molecular weight excluding hydrogens is 405 g/mol. The summed E-state index contributed by atoms with van der Waals surface area (Å²) >= 11 is 0. The first-order valence-electron chi connectivity index (χ1n) is 7.82. The molecule has 0 aliphatic carbocycles. The minimum Gasteiger partial charge on any atom is -0.491 e. The zero-order valence-electron chi connectivity index (χ0n) is 14.5. The Hall–Kier alpha value is -2.57. The highest BCUT2D eigenvalue weighted by molar-refractivity contribution is 7.89. The van der Waals surface area contributed by atoms with E-state index < -0.39 is 38.9 Å². The lowest BCUT2D eigenvalue weighted by Crippen LogP contribution is -2.35. The molecule has 0 saturated heterocycles. The number of nitrogens with one attached hydrogen (secondary N) is 2. The Morgan fingerprint density at radius 3 is 2.64 bits per heavy atom. The Bertz CT molecular complexity index is 926. The van der Waals surface area contributed by atoms with Crippen LogP contribution in [-0.2, 0) is 16.2 Å². The Balaban J connectivity index is 1.86. The predicted octanol–water partition coefficient (Wildman–Crippen LogP) is 1.38. The van der Waals surface area contributed by atoms with Crippen LogP contribution in [-0.4, -0.2) is 45.7 Å². The van der Waals surface area contributed by atoms with Gasteiger partial charge >= 0.3 is 6.18 Å². The lowest BCUT2D eigenvalue weighted by molar-refractivity contribution is -0.137. The van der Waals surface area contributed by atoms with E-state index in [1.165, 1.54) is 19.2 Å². The summed E-state index contributed by atoms with van der Waals surface area (Å²) in [5.74, 6) is -1.16. The minimum atomic E-state index is -4.52. The molecule has 0 aliphatic rings. The zero-order chi connectivity index (χ0) is 20.9. The number of benzene rings is 1. The lowest BCUT2D eigenvalue weighted by Gasteiger charge is -2.14. The first-order chi connectivity index (χ1) is 13.0. The zero-order valence-corrected chi connectivity index (χ0v) is 15.3. The second-order valence-electron chi connectivity index (χ2n) is 5.53. The minimum absolute atomic E-state index is 0.0897. The molecule has 0 fully saturated rings. The van der Waals surface area contributed by atoms with Crippen LogP contribution in [0.25, 0.3) is 0 Å². The van der Waals surface area contributed by atoms with Gasteiger partial charge in [-0.05, 0) is 37.4 Å². The number of sulfonamides is 1. The monoisotopic (exact) mass is 422 g/mol. The molecule has 28 heavy (non-hydrogen) atoms. The molecule has 1 unspecified atom stereocenters. The highest BCUT2D eigenvalue weighted by Crippen LogP contribution is 2.31. The topological polar surface area (TPSA) is 118 Å². The van der Waals surface area contributed by atoms with Crippen LogP contribution in [0.3, 0.4) is 0 Å². The van der Waals surface area contributed by atoms with Gasteiger partial charge in [-0.15, -0.1) is 0 Å². The Morgan fingerprint density at radius 2 is 2.00 bits per heavy atom. The molecule has 1 heterocycles. The van der Waals surface area contributed by atoms with Crippen molar-refractivity contribution < 1.29 is 40.6 Å². The number of rotatable bonds is 8. The number of carbonyl (C=O) groups is 1. The number of aliphatic hydroxyl groups excluding tert-OH is 1. The van der Waals surface area contributed by atoms with Crippen molar-refractivity contribution in [3.8, 4) is 5.75 Å². The fourth-order valence-corrected chi connectivity index (χ4v) is 2.65. The first-order valence-corrected chi connectivity index (χ1v) is 9.31. The van der Waals surface area contributed by atoms with Crippen LogP contribution in [0.2, 0.25) is 0 Å². The molecule has 2 rings (SSSR count). The second kappa shape index (κ2) is 8.63. The van der Waals surface area contributed by atoms with E-state index in [1.54, 1.807) is 0 Å². The van der Waals surface area contributed by atoms with Crippen molar-refractivity contribution in [3.05, 3.63) is 47.7 Å². The van der Waals surface area contributed by atoms with Crippen LogP contribution >= 0.6 is 0 Å². The molecular formula is C16H17F3N2O6S. The molecule has 0 saturated carbocycles. The van der Waals surface area contributed by atoms with E-state index in [0.29, 0.717) is 0 Å². The molecule has 154 valence electrons. The molecule has 1 amide bonds. The molecule has 1 aromatic carbocycles. The molecule has 12 heteroatoms. The smallest absolute Gasteiger partial charge is 0.416 e. The van der Waals surface area contributed by atoms with Crippen LogP contribution in [0.5, 0.6) is 5.75 Å². The van der Waals surface area contributed by atoms with Crippen molar-refractivity contribution in [1.29, 1.82) is 0 Å². The predicted molar refractivity (Wildman–Crippen MR) is 90.2 cm³/mol. The van der Waals surface area contributed by atoms with Crippen LogP contribution < -0.4 is 14.8 Å². The maximum Gasteiger partial charge on any atom is 0.416 e. The SMILES string of the molecule is CNS(=O)(=O)c1ccc(C(=O)NCC(O)COc2cccc(C(F)(F)F)c2)o1. The van der Waals surface area contributed by atoms with Crippen molar-refractivity contribution in [2.24, 2.45) is 0 Å². The third-order valence-corrected chi connectivity index (χ3v) is 4.73. The molecule has 2 aromatic rings. The quantitative estimate of drug-likeness (QED) is 0.592. The fraction of sp³-hybridized carbons (Fsp3) is 0.312. The summed E-state index contributed by atoms with van der Waals surface area (Å²) in [5, 5.41) is 11.7. The van der Waals surface area contributed by atoms with Gasteiger partial charge in [0.25, 0.3) is 15.9 Å². The molecule has 0 bridgehead atoms. The van der Waals surface area contributed by atoms with Crippen molar-refractivity contribution in [2.45, 2.75) is 17.4 Å². The summed E-state index contributed by atoms with van der Waals surface area (Å²) in [6.45, 7) is -0.675. The van der Waals surface area contributed by atoms with Gasteiger partial charge in [-0.2, -0.15) is 13.2 Å². The summed E-state index contributed by atoms with van der Waals surface area (Å²) in [6.07, 6.45) is -5.75. The third kappa shape index (κ3) is 5.71. The Kier molecular flexibility index (Phi) is 6.69. The van der Waals surface area contributed by atoms with Crippen LogP contribution in [0.15, 0.2) is 45.9 Å². The summed E-state index contributed by atoms with van der Waals surface area (Å²) in [7, 11) is -2.66.